The molecule has 0 aliphatic rings. The van der Waals surface area contributed by atoms with Crippen LogP contribution in [0.5, 0.6) is 0 Å². The normalized spacial score (nSPS) is 13.3. The number of nitrogens with zero attached hydrogens (tertiary/aromatic N) is 1. The highest BCUT2D eigenvalue weighted by atomic mass is 16.6. The summed E-state index contributed by atoms with van der Waals surface area (Å²) in [6.45, 7) is 16.0. The van der Waals surface area contributed by atoms with Gasteiger partial charge in [0, 0.05) is 19.4 Å². The van der Waals surface area contributed by atoms with Gasteiger partial charge in [0.15, 0.2) is 0 Å². The molecule has 0 bridgehead atoms. The van der Waals surface area contributed by atoms with Crippen molar-refractivity contribution < 1.29 is 33.4 Å². The third-order valence-corrected chi connectivity index (χ3v) is 6.73. The molecule has 0 aliphatic heterocycles. The van der Waals surface area contributed by atoms with E-state index in [0.29, 0.717) is 17.5 Å². The van der Waals surface area contributed by atoms with Gasteiger partial charge in [-0.25, -0.2) is 9.59 Å². The van der Waals surface area contributed by atoms with Crippen LogP contribution in [0.1, 0.15) is 90.5 Å². The predicted molar refractivity (Wildman–Crippen MR) is 181 cm³/mol. The van der Waals surface area contributed by atoms with Crippen LogP contribution in [0.25, 0.3) is 6.08 Å². The maximum Gasteiger partial charge on any atom is 0.408 e. The summed E-state index contributed by atoms with van der Waals surface area (Å²) in [7, 11) is 0. The Labute approximate surface area is 278 Å². The Bertz CT molecular complexity index is 1400. The summed E-state index contributed by atoms with van der Waals surface area (Å²) in [6.07, 6.45) is 1.02. The fraction of sp³-hybridized carbons (Fsp3) is 0.472. The van der Waals surface area contributed by atoms with E-state index in [9.17, 15) is 24.0 Å². The fourth-order valence-corrected chi connectivity index (χ4v) is 4.80. The van der Waals surface area contributed by atoms with Crippen LogP contribution in [0.4, 0.5) is 4.79 Å². The van der Waals surface area contributed by atoms with E-state index in [0.717, 1.165) is 5.56 Å². The minimum Gasteiger partial charge on any atom is -0.458 e. The standard InChI is InChI=1S/C36H50N4O7/c1-9-21-40(32(43)27(19-20-29(37)41)39-34(45)47-36(6,7)8)30(26-18-14-17-24(10-2)22-26)31(42)38-28(33(44)46-35(3,4)5)23-25-15-12-11-13-16-25/h10-18,22,27-28,30H,2,9,19-21,23H2,1,3-8H3,(H2,37,41)(H,38,42)(H,39,45). The Hall–Kier alpha value is -4.67. The molecule has 0 heterocycles. The number of primary amides is 1. The van der Waals surface area contributed by atoms with Crippen molar-refractivity contribution in [1.82, 2.24) is 15.5 Å². The third kappa shape index (κ3) is 13.3. The van der Waals surface area contributed by atoms with Crippen molar-refractivity contribution in [3.63, 3.8) is 0 Å². The molecular formula is C36H50N4O7. The zero-order chi connectivity index (χ0) is 35.4. The lowest BCUT2D eigenvalue weighted by Gasteiger charge is -2.35. The van der Waals surface area contributed by atoms with Crippen LogP contribution in [0, 0.1) is 0 Å². The number of benzene rings is 2. The Morgan fingerprint density at radius 2 is 1.53 bits per heavy atom. The molecule has 4 amide bonds. The number of amides is 4. The molecule has 11 heteroatoms. The van der Waals surface area contributed by atoms with Crippen LogP contribution in [-0.4, -0.2) is 64.5 Å². The van der Waals surface area contributed by atoms with Gasteiger partial charge in [0.1, 0.15) is 29.3 Å². The van der Waals surface area contributed by atoms with E-state index in [1.54, 1.807) is 71.9 Å². The summed E-state index contributed by atoms with van der Waals surface area (Å²) in [5, 5.41) is 5.43. The molecule has 256 valence electrons. The Kier molecular flexibility index (Phi) is 14.2. The van der Waals surface area contributed by atoms with E-state index in [2.05, 4.69) is 17.2 Å². The van der Waals surface area contributed by atoms with E-state index < -0.39 is 59.1 Å². The van der Waals surface area contributed by atoms with Crippen LogP contribution in [0.15, 0.2) is 61.2 Å². The quantitative estimate of drug-likeness (QED) is 0.233. The molecule has 2 aromatic carbocycles. The lowest BCUT2D eigenvalue weighted by molar-refractivity contribution is -0.159. The van der Waals surface area contributed by atoms with Gasteiger partial charge in [-0.1, -0.05) is 68.1 Å². The van der Waals surface area contributed by atoms with Crippen molar-refractivity contribution in [3.8, 4) is 0 Å². The molecule has 3 atom stereocenters. The molecule has 2 aromatic rings. The van der Waals surface area contributed by atoms with Crippen LogP contribution in [0.2, 0.25) is 0 Å². The Balaban J connectivity index is 2.62. The first-order chi connectivity index (χ1) is 21.9. The lowest BCUT2D eigenvalue weighted by Crippen LogP contribution is -2.55. The van der Waals surface area contributed by atoms with Gasteiger partial charge in [0.25, 0.3) is 0 Å². The number of alkyl carbamates (subject to hydrolysis) is 1. The molecular weight excluding hydrogens is 600 g/mol. The van der Waals surface area contributed by atoms with Gasteiger partial charge < -0.3 is 30.7 Å². The molecule has 47 heavy (non-hydrogen) atoms. The molecule has 0 saturated carbocycles. The zero-order valence-electron chi connectivity index (χ0n) is 28.6. The predicted octanol–water partition coefficient (Wildman–Crippen LogP) is 4.84. The highest BCUT2D eigenvalue weighted by Crippen LogP contribution is 2.26. The van der Waals surface area contributed by atoms with Crippen molar-refractivity contribution >= 4 is 35.9 Å². The summed E-state index contributed by atoms with van der Waals surface area (Å²) in [6, 6.07) is 12.6. The molecule has 0 spiro atoms. The SMILES string of the molecule is C=Cc1cccc(C(C(=O)NC(Cc2ccccc2)C(=O)OC(C)(C)C)N(CCC)C(=O)C(CCC(N)=O)NC(=O)OC(C)(C)C)c1. The van der Waals surface area contributed by atoms with Crippen LogP contribution < -0.4 is 16.4 Å². The van der Waals surface area contributed by atoms with Gasteiger partial charge in [-0.05, 0) is 77.1 Å². The summed E-state index contributed by atoms with van der Waals surface area (Å²) < 4.78 is 11.1. The van der Waals surface area contributed by atoms with E-state index in [-0.39, 0.29) is 25.8 Å². The van der Waals surface area contributed by atoms with Gasteiger partial charge >= 0.3 is 12.1 Å². The molecule has 3 unspecified atom stereocenters. The Morgan fingerprint density at radius 1 is 0.894 bits per heavy atom. The first-order valence-electron chi connectivity index (χ1n) is 15.8. The smallest absolute Gasteiger partial charge is 0.408 e. The van der Waals surface area contributed by atoms with Gasteiger partial charge in [0.2, 0.25) is 17.7 Å². The largest absolute Gasteiger partial charge is 0.458 e. The third-order valence-electron chi connectivity index (χ3n) is 6.73. The molecule has 0 radical (unpaired) electrons. The first kappa shape index (κ1) is 38.5. The highest BCUT2D eigenvalue weighted by molar-refractivity contribution is 5.94. The number of nitrogens with one attached hydrogen (secondary N) is 2. The van der Waals surface area contributed by atoms with Crippen LogP contribution in [-0.2, 0) is 35.1 Å². The van der Waals surface area contributed by atoms with Crippen LogP contribution >= 0.6 is 0 Å². The average molecular weight is 651 g/mol. The molecule has 0 saturated heterocycles. The summed E-state index contributed by atoms with van der Waals surface area (Å²) in [5.74, 6) is -2.55. The number of ether oxygens (including phenoxy) is 2. The second-order valence-corrected chi connectivity index (χ2v) is 13.3. The number of nitrogens with two attached hydrogens (primary N) is 1. The van der Waals surface area contributed by atoms with E-state index in [4.69, 9.17) is 15.2 Å². The second-order valence-electron chi connectivity index (χ2n) is 13.3. The zero-order valence-corrected chi connectivity index (χ0v) is 28.6. The van der Waals surface area contributed by atoms with Gasteiger partial charge in [-0.15, -0.1) is 0 Å². The van der Waals surface area contributed by atoms with Crippen molar-refractivity contribution in [2.45, 2.75) is 103 Å². The topological polar surface area (TPSA) is 157 Å². The Morgan fingerprint density at radius 3 is 2.09 bits per heavy atom. The van der Waals surface area contributed by atoms with E-state index in [1.807, 2.05) is 37.3 Å². The van der Waals surface area contributed by atoms with Gasteiger partial charge in [0.05, 0.1) is 0 Å². The van der Waals surface area contributed by atoms with E-state index >= 15 is 0 Å². The highest BCUT2D eigenvalue weighted by Gasteiger charge is 2.38. The molecule has 0 aromatic heterocycles. The fourth-order valence-electron chi connectivity index (χ4n) is 4.80. The lowest BCUT2D eigenvalue weighted by atomic mass is 9.98. The van der Waals surface area contributed by atoms with Crippen molar-refractivity contribution in [3.05, 3.63) is 77.9 Å². The number of esters is 1. The van der Waals surface area contributed by atoms with Crippen molar-refractivity contribution in [1.29, 1.82) is 0 Å². The van der Waals surface area contributed by atoms with E-state index in [1.165, 1.54) is 4.90 Å². The number of rotatable bonds is 15. The number of hydrogen-bond acceptors (Lipinski definition) is 7. The number of carbonyl (C=O) groups excluding carboxylic acids is 5. The molecule has 2 rings (SSSR count). The summed E-state index contributed by atoms with van der Waals surface area (Å²) in [4.78, 5) is 68.1. The van der Waals surface area contributed by atoms with Crippen molar-refractivity contribution in [2.24, 2.45) is 5.73 Å². The molecule has 4 N–H and O–H groups in total. The number of carbonyl (C=O) groups is 5. The number of hydrogen-bond donors (Lipinski definition) is 3. The molecule has 0 fully saturated rings. The second kappa shape index (κ2) is 17.3. The van der Waals surface area contributed by atoms with Gasteiger partial charge in [-0.2, -0.15) is 0 Å². The molecule has 0 aliphatic carbocycles. The summed E-state index contributed by atoms with van der Waals surface area (Å²) in [5.41, 5.74) is 5.68. The van der Waals surface area contributed by atoms with Crippen molar-refractivity contribution in [2.75, 3.05) is 6.54 Å². The minimum absolute atomic E-state index is 0.105. The minimum atomic E-state index is -1.24. The maximum absolute atomic E-state index is 14.4. The maximum atomic E-state index is 14.4. The monoisotopic (exact) mass is 650 g/mol. The first-order valence-corrected chi connectivity index (χ1v) is 15.8. The molecule has 11 nitrogen and oxygen atoms in total. The summed E-state index contributed by atoms with van der Waals surface area (Å²) >= 11 is 0. The average Bonchev–Trinajstić information content (AvgIpc) is 2.97. The van der Waals surface area contributed by atoms with Crippen LogP contribution in [0.3, 0.4) is 0 Å². The van der Waals surface area contributed by atoms with Gasteiger partial charge in [-0.3, -0.25) is 14.4 Å².